The third-order valence-corrected chi connectivity index (χ3v) is 2.67. The van der Waals surface area contributed by atoms with Gasteiger partial charge in [-0.05, 0) is 23.2 Å². The van der Waals surface area contributed by atoms with Crippen molar-refractivity contribution < 1.29 is 14.3 Å². The molecule has 0 bridgehead atoms. The molecule has 1 aromatic rings. The van der Waals surface area contributed by atoms with Gasteiger partial charge in [-0.3, -0.25) is 15.0 Å². The number of hydrogen-bond acceptors (Lipinski definition) is 5. The number of nitrogens with two attached hydrogens (primary N) is 1. The van der Waals surface area contributed by atoms with Gasteiger partial charge in [0.1, 0.15) is 0 Å². The monoisotopic (exact) mass is 306 g/mol. The summed E-state index contributed by atoms with van der Waals surface area (Å²) in [6.45, 7) is 1.27. The van der Waals surface area contributed by atoms with E-state index in [0.717, 1.165) is 5.56 Å². The molecule has 1 rings (SSSR count). The Morgan fingerprint density at radius 1 is 1.27 bits per heavy atom. The van der Waals surface area contributed by atoms with Crippen molar-refractivity contribution in [1.82, 2.24) is 10.7 Å². The van der Waals surface area contributed by atoms with Crippen LogP contribution >= 0.6 is 0 Å². The van der Waals surface area contributed by atoms with Gasteiger partial charge in [-0.15, -0.1) is 0 Å². The summed E-state index contributed by atoms with van der Waals surface area (Å²) in [4.78, 5) is 25.5. The molecule has 0 aliphatic carbocycles. The first-order valence-corrected chi connectivity index (χ1v) is 6.62. The number of nitrogens with one attached hydrogen (secondary N) is 2. The van der Waals surface area contributed by atoms with Gasteiger partial charge < -0.3 is 10.1 Å². The number of hydrogen-bond donors (Lipinski definition) is 3. The Balaban J connectivity index is 2.30. The molecule has 0 radical (unpaired) electrons. The molecule has 0 unspecified atom stereocenters. The number of azide groups is 1. The van der Waals surface area contributed by atoms with Gasteiger partial charge in [0.15, 0.2) is 0 Å². The molecule has 0 heterocycles. The van der Waals surface area contributed by atoms with Crippen molar-refractivity contribution in [3.8, 4) is 0 Å². The van der Waals surface area contributed by atoms with E-state index >= 15 is 0 Å². The lowest BCUT2D eigenvalue weighted by atomic mass is 10.1. The van der Waals surface area contributed by atoms with Crippen LogP contribution in [0.4, 0.5) is 0 Å². The van der Waals surface area contributed by atoms with E-state index in [9.17, 15) is 9.59 Å². The average Bonchev–Trinajstić information content (AvgIpc) is 2.54. The van der Waals surface area contributed by atoms with Gasteiger partial charge in [-0.1, -0.05) is 17.2 Å². The molecule has 4 N–H and O–H groups in total. The van der Waals surface area contributed by atoms with E-state index in [0.29, 0.717) is 25.3 Å². The second kappa shape index (κ2) is 10.2. The minimum atomic E-state index is -0.296. The van der Waals surface area contributed by atoms with E-state index in [-0.39, 0.29) is 24.8 Å². The van der Waals surface area contributed by atoms with Crippen LogP contribution in [0.25, 0.3) is 10.4 Å². The molecule has 0 aromatic heterocycles. The first kappa shape index (κ1) is 17.4. The fourth-order valence-electron chi connectivity index (χ4n) is 1.60. The van der Waals surface area contributed by atoms with Crippen LogP contribution in [0, 0.1) is 0 Å². The number of benzene rings is 1. The van der Waals surface area contributed by atoms with Crippen molar-refractivity contribution in [2.75, 3.05) is 26.3 Å². The number of ether oxygens (including phenoxy) is 1. The minimum Gasteiger partial charge on any atom is -0.379 e. The lowest BCUT2D eigenvalue weighted by molar-refractivity contribution is -0.120. The average molecular weight is 306 g/mol. The zero-order valence-electron chi connectivity index (χ0n) is 12.0. The highest BCUT2D eigenvalue weighted by molar-refractivity contribution is 5.94. The van der Waals surface area contributed by atoms with Gasteiger partial charge in [0.05, 0.1) is 19.6 Å². The predicted molar refractivity (Wildman–Crippen MR) is 79.6 cm³/mol. The van der Waals surface area contributed by atoms with E-state index in [1.807, 2.05) is 5.43 Å². The van der Waals surface area contributed by atoms with E-state index in [2.05, 4.69) is 15.3 Å². The highest BCUT2D eigenvalue weighted by atomic mass is 16.5. The highest BCUT2D eigenvalue weighted by Crippen LogP contribution is 2.05. The summed E-state index contributed by atoms with van der Waals surface area (Å²) >= 11 is 0. The lowest BCUT2D eigenvalue weighted by Gasteiger charge is -2.06. The Bertz CT molecular complexity index is 539. The standard InChI is InChI=1S/C13H18N6O3/c14-18-12(20)9-10-1-3-11(4-2-10)13(21)16-5-7-22-8-6-17-19-15/h1-4H,5-9,14H2,(H,16,21)(H,18,20). The van der Waals surface area contributed by atoms with Crippen molar-refractivity contribution in [1.29, 1.82) is 0 Å². The van der Waals surface area contributed by atoms with Gasteiger partial charge in [0.25, 0.3) is 5.91 Å². The molecule has 22 heavy (non-hydrogen) atoms. The van der Waals surface area contributed by atoms with Crippen molar-refractivity contribution >= 4 is 11.8 Å². The topological polar surface area (TPSA) is 142 Å². The fraction of sp³-hybridized carbons (Fsp3) is 0.385. The maximum absolute atomic E-state index is 11.8. The molecule has 2 amide bonds. The summed E-state index contributed by atoms with van der Waals surface area (Å²) in [6, 6.07) is 6.66. The fourth-order valence-corrected chi connectivity index (χ4v) is 1.60. The SMILES string of the molecule is [N-]=[N+]=NCCOCCNC(=O)c1ccc(CC(=O)NN)cc1. The molecule has 9 nitrogen and oxygen atoms in total. The quantitative estimate of drug-likeness (QED) is 0.114. The van der Waals surface area contributed by atoms with Gasteiger partial charge >= 0.3 is 0 Å². The molecular formula is C13H18N6O3. The molecule has 118 valence electrons. The zero-order chi connectivity index (χ0) is 16.2. The second-order valence-electron chi connectivity index (χ2n) is 4.26. The van der Waals surface area contributed by atoms with E-state index in [1.54, 1.807) is 24.3 Å². The van der Waals surface area contributed by atoms with Crippen LogP contribution in [-0.4, -0.2) is 38.1 Å². The third-order valence-electron chi connectivity index (χ3n) is 2.67. The van der Waals surface area contributed by atoms with Crippen molar-refractivity contribution in [2.45, 2.75) is 6.42 Å². The van der Waals surface area contributed by atoms with Crippen molar-refractivity contribution in [3.05, 3.63) is 45.8 Å². The van der Waals surface area contributed by atoms with Gasteiger partial charge in [0.2, 0.25) is 5.91 Å². The van der Waals surface area contributed by atoms with E-state index < -0.39 is 0 Å². The Hall–Kier alpha value is -2.61. The lowest BCUT2D eigenvalue weighted by Crippen LogP contribution is -2.31. The van der Waals surface area contributed by atoms with Crippen LogP contribution in [-0.2, 0) is 16.0 Å². The number of amides is 2. The molecule has 1 aromatic carbocycles. The predicted octanol–water partition coefficient (Wildman–Crippen LogP) is 0.276. The Morgan fingerprint density at radius 2 is 2.00 bits per heavy atom. The third kappa shape index (κ3) is 6.71. The number of rotatable bonds is 9. The molecule has 0 saturated carbocycles. The van der Waals surface area contributed by atoms with Crippen LogP contribution in [0.3, 0.4) is 0 Å². The summed E-state index contributed by atoms with van der Waals surface area (Å²) in [7, 11) is 0. The summed E-state index contributed by atoms with van der Waals surface area (Å²) < 4.78 is 5.16. The molecular weight excluding hydrogens is 288 g/mol. The first-order chi connectivity index (χ1) is 10.7. The van der Waals surface area contributed by atoms with Gasteiger partial charge in [-0.2, -0.15) is 0 Å². The molecule has 0 spiro atoms. The maximum atomic E-state index is 11.8. The first-order valence-electron chi connectivity index (χ1n) is 6.62. The zero-order valence-corrected chi connectivity index (χ0v) is 12.0. The van der Waals surface area contributed by atoms with Crippen LogP contribution in [0.2, 0.25) is 0 Å². The largest absolute Gasteiger partial charge is 0.379 e. The smallest absolute Gasteiger partial charge is 0.251 e. The molecule has 0 saturated heterocycles. The van der Waals surface area contributed by atoms with Crippen molar-refractivity contribution in [2.24, 2.45) is 11.0 Å². The number of carbonyl (C=O) groups is 2. The molecule has 0 atom stereocenters. The van der Waals surface area contributed by atoms with Crippen LogP contribution < -0.4 is 16.6 Å². The molecule has 0 fully saturated rings. The normalized spacial score (nSPS) is 9.68. The summed E-state index contributed by atoms with van der Waals surface area (Å²) in [6.07, 6.45) is 0.164. The number of carbonyl (C=O) groups excluding carboxylic acids is 2. The molecule has 0 aliphatic rings. The Morgan fingerprint density at radius 3 is 2.64 bits per heavy atom. The summed E-state index contributed by atoms with van der Waals surface area (Å²) in [5.74, 6) is 4.48. The van der Waals surface area contributed by atoms with Crippen LogP contribution in [0.5, 0.6) is 0 Å². The van der Waals surface area contributed by atoms with Crippen LogP contribution in [0.1, 0.15) is 15.9 Å². The number of hydrazine groups is 1. The summed E-state index contributed by atoms with van der Waals surface area (Å²) in [5, 5.41) is 6.01. The van der Waals surface area contributed by atoms with E-state index in [1.165, 1.54) is 0 Å². The Labute approximate surface area is 127 Å². The van der Waals surface area contributed by atoms with Gasteiger partial charge in [0, 0.05) is 23.6 Å². The highest BCUT2D eigenvalue weighted by Gasteiger charge is 2.06. The number of nitrogens with zero attached hydrogens (tertiary/aromatic N) is 3. The molecule has 0 aliphatic heterocycles. The second-order valence-corrected chi connectivity index (χ2v) is 4.26. The van der Waals surface area contributed by atoms with Gasteiger partial charge in [-0.25, -0.2) is 5.84 Å². The Kier molecular flexibility index (Phi) is 8.06. The van der Waals surface area contributed by atoms with E-state index in [4.69, 9.17) is 16.1 Å². The summed E-state index contributed by atoms with van der Waals surface area (Å²) in [5.41, 5.74) is 11.4. The minimum absolute atomic E-state index is 0.164. The van der Waals surface area contributed by atoms with Crippen molar-refractivity contribution in [3.63, 3.8) is 0 Å². The maximum Gasteiger partial charge on any atom is 0.251 e. The molecule has 9 heteroatoms. The van der Waals surface area contributed by atoms with Crippen LogP contribution in [0.15, 0.2) is 29.4 Å².